The van der Waals surface area contributed by atoms with Gasteiger partial charge in [0.15, 0.2) is 5.65 Å². The first-order valence-electron chi connectivity index (χ1n) is 6.63. The van der Waals surface area contributed by atoms with Gasteiger partial charge in [-0.1, -0.05) is 12.1 Å². The number of ether oxygens (including phenoxy) is 1. The van der Waals surface area contributed by atoms with Crippen LogP contribution in [0.3, 0.4) is 0 Å². The molecule has 2 heterocycles. The number of hydrogen-bond acceptors (Lipinski definition) is 4. The lowest BCUT2D eigenvalue weighted by Gasteiger charge is -2.04. The van der Waals surface area contributed by atoms with Gasteiger partial charge < -0.3 is 10.1 Å². The van der Waals surface area contributed by atoms with Gasteiger partial charge in [0.05, 0.1) is 13.3 Å². The predicted octanol–water partition coefficient (Wildman–Crippen LogP) is 2.53. The van der Waals surface area contributed by atoms with E-state index in [1.165, 1.54) is 22.3 Å². The Morgan fingerprint density at radius 1 is 1.19 bits per heavy atom. The molecule has 0 aliphatic heterocycles. The second-order valence-corrected chi connectivity index (χ2v) is 4.61. The third-order valence-corrected chi connectivity index (χ3v) is 3.15. The highest BCUT2D eigenvalue weighted by Crippen LogP contribution is 2.12. The molecule has 3 aromatic rings. The number of nitrogens with one attached hydrogen (secondary N) is 1. The number of aromatic nitrogens is 3. The standard InChI is InChI=1S/C15H15FN4O/c1-21-13-5-2-11(3-6-13)8-9-17-15-18-14-7-4-12(16)10-20(14)19-15/h2-7,10H,8-9H2,1H3,(H,17,19). The zero-order valence-corrected chi connectivity index (χ0v) is 11.6. The summed E-state index contributed by atoms with van der Waals surface area (Å²) in [6.07, 6.45) is 2.14. The van der Waals surface area contributed by atoms with E-state index >= 15 is 0 Å². The molecular weight excluding hydrogens is 271 g/mol. The van der Waals surface area contributed by atoms with Crippen molar-refractivity contribution >= 4 is 11.6 Å². The van der Waals surface area contributed by atoms with E-state index in [-0.39, 0.29) is 5.82 Å². The van der Waals surface area contributed by atoms with Crippen molar-refractivity contribution in [2.75, 3.05) is 19.0 Å². The summed E-state index contributed by atoms with van der Waals surface area (Å²) in [5.41, 5.74) is 1.81. The second kappa shape index (κ2) is 5.78. The summed E-state index contributed by atoms with van der Waals surface area (Å²) in [7, 11) is 1.65. The number of halogens is 1. The van der Waals surface area contributed by atoms with E-state index in [2.05, 4.69) is 15.4 Å². The van der Waals surface area contributed by atoms with Crippen LogP contribution in [0.15, 0.2) is 42.6 Å². The van der Waals surface area contributed by atoms with Crippen molar-refractivity contribution in [3.05, 3.63) is 54.0 Å². The number of nitrogens with zero attached hydrogens (tertiary/aromatic N) is 3. The van der Waals surface area contributed by atoms with Crippen molar-refractivity contribution in [2.24, 2.45) is 0 Å². The smallest absolute Gasteiger partial charge is 0.243 e. The van der Waals surface area contributed by atoms with Crippen LogP contribution in [-0.4, -0.2) is 28.3 Å². The van der Waals surface area contributed by atoms with Crippen LogP contribution in [0.5, 0.6) is 5.75 Å². The summed E-state index contributed by atoms with van der Waals surface area (Å²) in [6.45, 7) is 0.700. The number of hydrogen-bond donors (Lipinski definition) is 1. The topological polar surface area (TPSA) is 51.5 Å². The van der Waals surface area contributed by atoms with E-state index in [0.29, 0.717) is 18.1 Å². The van der Waals surface area contributed by atoms with Crippen molar-refractivity contribution in [2.45, 2.75) is 6.42 Å². The van der Waals surface area contributed by atoms with Gasteiger partial charge in [-0.15, -0.1) is 5.10 Å². The highest BCUT2D eigenvalue weighted by atomic mass is 19.1. The van der Waals surface area contributed by atoms with E-state index < -0.39 is 0 Å². The van der Waals surface area contributed by atoms with Crippen molar-refractivity contribution < 1.29 is 9.13 Å². The zero-order chi connectivity index (χ0) is 14.7. The van der Waals surface area contributed by atoms with Crippen LogP contribution in [0.4, 0.5) is 10.3 Å². The fourth-order valence-corrected chi connectivity index (χ4v) is 2.04. The molecular formula is C15H15FN4O. The van der Waals surface area contributed by atoms with Crippen molar-refractivity contribution in [3.8, 4) is 5.75 Å². The van der Waals surface area contributed by atoms with Crippen LogP contribution in [0.1, 0.15) is 5.56 Å². The molecule has 0 bridgehead atoms. The van der Waals surface area contributed by atoms with E-state index in [1.54, 1.807) is 13.2 Å². The molecule has 0 spiro atoms. The molecule has 1 N–H and O–H groups in total. The first kappa shape index (κ1) is 13.4. The van der Waals surface area contributed by atoms with E-state index in [9.17, 15) is 4.39 Å². The van der Waals surface area contributed by atoms with Gasteiger partial charge in [-0.25, -0.2) is 8.91 Å². The molecule has 0 saturated carbocycles. The van der Waals surface area contributed by atoms with Crippen LogP contribution in [-0.2, 0) is 6.42 Å². The van der Waals surface area contributed by atoms with Gasteiger partial charge in [-0.3, -0.25) is 0 Å². The summed E-state index contributed by atoms with van der Waals surface area (Å²) in [4.78, 5) is 4.27. The molecule has 0 unspecified atom stereocenters. The third-order valence-electron chi connectivity index (χ3n) is 3.15. The SMILES string of the molecule is COc1ccc(CCNc2nc3ccc(F)cn3n2)cc1. The second-order valence-electron chi connectivity index (χ2n) is 4.61. The number of pyridine rings is 1. The highest BCUT2D eigenvalue weighted by molar-refractivity contribution is 5.43. The highest BCUT2D eigenvalue weighted by Gasteiger charge is 2.03. The minimum atomic E-state index is -0.336. The van der Waals surface area contributed by atoms with Crippen molar-refractivity contribution in [1.82, 2.24) is 14.6 Å². The molecule has 5 nitrogen and oxygen atoms in total. The maximum atomic E-state index is 13.1. The minimum Gasteiger partial charge on any atom is -0.497 e. The molecule has 108 valence electrons. The first-order valence-corrected chi connectivity index (χ1v) is 6.63. The van der Waals surface area contributed by atoms with Gasteiger partial charge in [-0.2, -0.15) is 4.98 Å². The monoisotopic (exact) mass is 286 g/mol. The lowest BCUT2D eigenvalue weighted by molar-refractivity contribution is 0.414. The van der Waals surface area contributed by atoms with Gasteiger partial charge in [-0.05, 0) is 36.2 Å². The average molecular weight is 286 g/mol. The van der Waals surface area contributed by atoms with Crippen LogP contribution in [0.25, 0.3) is 5.65 Å². The Labute approximate surface area is 121 Å². The van der Waals surface area contributed by atoms with Crippen LogP contribution in [0.2, 0.25) is 0 Å². The molecule has 0 aliphatic carbocycles. The van der Waals surface area contributed by atoms with Crippen LogP contribution >= 0.6 is 0 Å². The molecule has 0 fully saturated rings. The van der Waals surface area contributed by atoms with Gasteiger partial charge in [0.1, 0.15) is 11.6 Å². The summed E-state index contributed by atoms with van der Waals surface area (Å²) < 4.78 is 19.6. The average Bonchev–Trinajstić information content (AvgIpc) is 2.89. The molecule has 21 heavy (non-hydrogen) atoms. The molecule has 2 aromatic heterocycles. The lowest BCUT2D eigenvalue weighted by Crippen LogP contribution is -2.06. The van der Waals surface area contributed by atoms with E-state index in [4.69, 9.17) is 4.74 Å². The van der Waals surface area contributed by atoms with Crippen LogP contribution in [0, 0.1) is 5.82 Å². The molecule has 0 aliphatic rings. The van der Waals surface area contributed by atoms with Crippen LogP contribution < -0.4 is 10.1 Å². The van der Waals surface area contributed by atoms with Crippen molar-refractivity contribution in [3.63, 3.8) is 0 Å². The predicted molar refractivity (Wildman–Crippen MR) is 78.1 cm³/mol. The Balaban J connectivity index is 1.60. The molecule has 6 heteroatoms. The van der Waals surface area contributed by atoms with Crippen molar-refractivity contribution in [1.29, 1.82) is 0 Å². The molecule has 1 aromatic carbocycles. The summed E-state index contributed by atoms with van der Waals surface area (Å²) in [5, 5.41) is 7.30. The Bertz CT molecular complexity index is 739. The maximum Gasteiger partial charge on any atom is 0.243 e. The summed E-state index contributed by atoms with van der Waals surface area (Å²) in [6, 6.07) is 10.9. The fourth-order valence-electron chi connectivity index (χ4n) is 2.04. The third kappa shape index (κ3) is 3.10. The number of rotatable bonds is 5. The largest absolute Gasteiger partial charge is 0.497 e. The quantitative estimate of drug-likeness (QED) is 0.783. The van der Waals surface area contributed by atoms with Gasteiger partial charge in [0.25, 0.3) is 0 Å². The lowest BCUT2D eigenvalue weighted by atomic mass is 10.1. The van der Waals surface area contributed by atoms with Gasteiger partial charge >= 0.3 is 0 Å². The zero-order valence-electron chi connectivity index (χ0n) is 11.6. The molecule has 0 radical (unpaired) electrons. The fraction of sp³-hybridized carbons (Fsp3) is 0.200. The van der Waals surface area contributed by atoms with E-state index in [0.717, 1.165) is 12.2 Å². The molecule has 3 rings (SSSR count). The Kier molecular flexibility index (Phi) is 3.68. The Morgan fingerprint density at radius 3 is 2.76 bits per heavy atom. The number of benzene rings is 1. The maximum absolute atomic E-state index is 13.1. The van der Waals surface area contributed by atoms with E-state index in [1.807, 2.05) is 24.3 Å². The van der Waals surface area contributed by atoms with Gasteiger partial charge in [0.2, 0.25) is 5.95 Å². The summed E-state index contributed by atoms with van der Waals surface area (Å²) in [5.74, 6) is 1.00. The molecule has 0 amide bonds. The minimum absolute atomic E-state index is 0.336. The molecule has 0 saturated heterocycles. The Morgan fingerprint density at radius 2 is 2.00 bits per heavy atom. The Hall–Kier alpha value is -2.63. The first-order chi connectivity index (χ1) is 10.2. The number of fused-ring (bicyclic) bond motifs is 1. The normalized spacial score (nSPS) is 10.8. The van der Waals surface area contributed by atoms with Gasteiger partial charge in [0, 0.05) is 6.54 Å². The molecule has 0 atom stereocenters. The summed E-state index contributed by atoms with van der Waals surface area (Å²) >= 11 is 0. The number of anilines is 1. The number of methoxy groups -OCH3 is 1.